The van der Waals surface area contributed by atoms with Gasteiger partial charge in [-0.25, -0.2) is 0 Å². The molecule has 1 rings (SSSR count). The van der Waals surface area contributed by atoms with Crippen LogP contribution in [0, 0.1) is 0 Å². The maximum Gasteiger partial charge on any atom is 0.234 e. The topological polar surface area (TPSA) is 70.7 Å². The van der Waals surface area contributed by atoms with Crippen molar-refractivity contribution < 1.29 is 14.3 Å². The van der Waals surface area contributed by atoms with Crippen LogP contribution in [0.25, 0.3) is 0 Å². The van der Waals surface area contributed by atoms with E-state index in [9.17, 15) is 9.59 Å². The Morgan fingerprint density at radius 2 is 1.74 bits per heavy atom. The highest BCUT2D eigenvalue weighted by Crippen LogP contribution is 2.10. The summed E-state index contributed by atoms with van der Waals surface area (Å²) in [7, 11) is 1.62. The Kier molecular flexibility index (Phi) is 8.11. The van der Waals surface area contributed by atoms with Gasteiger partial charge < -0.3 is 15.4 Å². The fraction of sp³-hybridized carbons (Fsp3) is 0.529. The van der Waals surface area contributed by atoms with E-state index in [0.29, 0.717) is 13.1 Å². The van der Waals surface area contributed by atoms with E-state index in [1.54, 1.807) is 12.0 Å². The molecule has 0 saturated carbocycles. The van der Waals surface area contributed by atoms with Crippen molar-refractivity contribution in [3.8, 4) is 5.75 Å². The summed E-state index contributed by atoms with van der Waals surface area (Å²) in [5, 5.41) is 5.69. The predicted octanol–water partition coefficient (Wildman–Crippen LogP) is 1.16. The Hall–Kier alpha value is -2.08. The summed E-state index contributed by atoms with van der Waals surface area (Å²) in [6, 6.07) is 7.64. The molecule has 0 saturated heterocycles. The first-order chi connectivity index (χ1) is 10.9. The van der Waals surface area contributed by atoms with E-state index >= 15 is 0 Å². The normalized spacial score (nSPS) is 10.7. The van der Waals surface area contributed by atoms with Gasteiger partial charge in [0.05, 0.1) is 20.2 Å². The van der Waals surface area contributed by atoms with Gasteiger partial charge in [-0.3, -0.25) is 14.5 Å². The second-order valence-electron chi connectivity index (χ2n) is 5.65. The van der Waals surface area contributed by atoms with Crippen molar-refractivity contribution >= 4 is 11.8 Å². The van der Waals surface area contributed by atoms with Gasteiger partial charge in [0.25, 0.3) is 0 Å². The molecule has 0 aliphatic carbocycles. The first-order valence-electron chi connectivity index (χ1n) is 7.86. The lowest BCUT2D eigenvalue weighted by atomic mass is 10.2. The summed E-state index contributed by atoms with van der Waals surface area (Å²) in [6.45, 7) is 7.29. The molecule has 0 aromatic heterocycles. The van der Waals surface area contributed by atoms with Gasteiger partial charge >= 0.3 is 0 Å². The summed E-state index contributed by atoms with van der Waals surface area (Å²) in [5.74, 6) is 0.623. The minimum Gasteiger partial charge on any atom is -0.497 e. The second-order valence-corrected chi connectivity index (χ2v) is 5.65. The molecule has 0 fully saturated rings. The molecule has 0 radical (unpaired) electrons. The summed E-state index contributed by atoms with van der Waals surface area (Å²) >= 11 is 0. The first-order valence-corrected chi connectivity index (χ1v) is 7.86. The number of ether oxygens (including phenoxy) is 1. The van der Waals surface area contributed by atoms with Crippen LogP contribution >= 0.6 is 0 Å². The molecule has 1 aromatic rings. The molecular weight excluding hydrogens is 294 g/mol. The van der Waals surface area contributed by atoms with Crippen LogP contribution in [0.3, 0.4) is 0 Å². The molecule has 0 heterocycles. The molecule has 23 heavy (non-hydrogen) atoms. The smallest absolute Gasteiger partial charge is 0.234 e. The van der Waals surface area contributed by atoms with E-state index in [1.165, 1.54) is 0 Å². The molecule has 2 N–H and O–H groups in total. The lowest BCUT2D eigenvalue weighted by Gasteiger charge is -2.20. The molecule has 0 bridgehead atoms. The molecule has 1 aromatic carbocycles. The fourth-order valence-corrected chi connectivity index (χ4v) is 2.05. The third kappa shape index (κ3) is 7.65. The summed E-state index contributed by atoms with van der Waals surface area (Å²) < 4.78 is 5.09. The molecule has 6 nitrogen and oxygen atoms in total. The number of methoxy groups -OCH3 is 1. The van der Waals surface area contributed by atoms with E-state index in [0.717, 1.165) is 11.3 Å². The number of rotatable bonds is 9. The van der Waals surface area contributed by atoms with Crippen LogP contribution < -0.4 is 15.4 Å². The highest BCUT2D eigenvalue weighted by atomic mass is 16.5. The van der Waals surface area contributed by atoms with Crippen molar-refractivity contribution in [3.05, 3.63) is 29.8 Å². The van der Waals surface area contributed by atoms with Crippen LogP contribution in [0.15, 0.2) is 24.3 Å². The van der Waals surface area contributed by atoms with Crippen molar-refractivity contribution in [1.29, 1.82) is 0 Å². The predicted molar refractivity (Wildman–Crippen MR) is 90.2 cm³/mol. The lowest BCUT2D eigenvalue weighted by molar-refractivity contribution is -0.125. The standard InChI is InChI=1S/C17H27N3O3/c1-5-20(12-17(22)19-13(2)3)11-16(21)18-10-14-6-8-15(23-4)9-7-14/h6-9,13H,5,10-12H2,1-4H3,(H,18,21)(H,19,22). The number of carbonyl (C=O) groups is 2. The van der Waals surface area contributed by atoms with Crippen LogP contribution in [0.4, 0.5) is 0 Å². The molecular formula is C17H27N3O3. The summed E-state index contributed by atoms with van der Waals surface area (Å²) in [6.07, 6.45) is 0. The van der Waals surface area contributed by atoms with Crippen LogP contribution in [0.5, 0.6) is 5.75 Å². The second kappa shape index (κ2) is 9.84. The van der Waals surface area contributed by atoms with Crippen LogP contribution in [0.1, 0.15) is 26.3 Å². The molecule has 0 aliphatic heterocycles. The molecule has 6 heteroatoms. The summed E-state index contributed by atoms with van der Waals surface area (Å²) in [5.41, 5.74) is 1.000. The van der Waals surface area contributed by atoms with E-state index in [-0.39, 0.29) is 30.9 Å². The molecule has 2 amide bonds. The Bertz CT molecular complexity index is 500. The van der Waals surface area contributed by atoms with Gasteiger partial charge in [0, 0.05) is 12.6 Å². The molecule has 0 unspecified atom stereocenters. The zero-order valence-corrected chi connectivity index (χ0v) is 14.4. The number of carbonyl (C=O) groups excluding carboxylic acids is 2. The maximum atomic E-state index is 12.0. The van der Waals surface area contributed by atoms with Crippen LogP contribution in [0.2, 0.25) is 0 Å². The van der Waals surface area contributed by atoms with Crippen molar-refractivity contribution in [2.45, 2.75) is 33.4 Å². The van der Waals surface area contributed by atoms with Crippen LogP contribution in [-0.2, 0) is 16.1 Å². The lowest BCUT2D eigenvalue weighted by Crippen LogP contribution is -2.44. The quantitative estimate of drug-likeness (QED) is 0.716. The number of benzene rings is 1. The number of likely N-dealkylation sites (N-methyl/N-ethyl adjacent to an activating group) is 1. The van der Waals surface area contributed by atoms with E-state index in [2.05, 4.69) is 10.6 Å². The number of nitrogens with zero attached hydrogens (tertiary/aromatic N) is 1. The number of hydrogen-bond acceptors (Lipinski definition) is 4. The van der Waals surface area contributed by atoms with Crippen molar-refractivity contribution in [2.24, 2.45) is 0 Å². The van der Waals surface area contributed by atoms with Gasteiger partial charge in [-0.2, -0.15) is 0 Å². The number of nitrogens with one attached hydrogen (secondary N) is 2. The Morgan fingerprint density at radius 1 is 1.13 bits per heavy atom. The zero-order valence-electron chi connectivity index (χ0n) is 14.4. The Morgan fingerprint density at radius 3 is 2.26 bits per heavy atom. The Labute approximate surface area is 138 Å². The monoisotopic (exact) mass is 321 g/mol. The number of hydrogen-bond donors (Lipinski definition) is 2. The van der Waals surface area contributed by atoms with Crippen molar-refractivity contribution in [2.75, 3.05) is 26.7 Å². The highest BCUT2D eigenvalue weighted by molar-refractivity contribution is 5.81. The molecule has 0 atom stereocenters. The minimum atomic E-state index is -0.0972. The largest absolute Gasteiger partial charge is 0.497 e. The van der Waals surface area contributed by atoms with E-state index in [1.807, 2.05) is 45.0 Å². The van der Waals surface area contributed by atoms with Gasteiger partial charge in [-0.15, -0.1) is 0 Å². The first kappa shape index (κ1) is 19.0. The van der Waals surface area contributed by atoms with Gasteiger partial charge in [0.2, 0.25) is 11.8 Å². The number of amides is 2. The Balaban J connectivity index is 2.39. The highest BCUT2D eigenvalue weighted by Gasteiger charge is 2.13. The molecule has 128 valence electrons. The minimum absolute atomic E-state index is 0.0650. The van der Waals surface area contributed by atoms with Crippen molar-refractivity contribution in [1.82, 2.24) is 15.5 Å². The van der Waals surface area contributed by atoms with E-state index in [4.69, 9.17) is 4.74 Å². The fourth-order valence-electron chi connectivity index (χ4n) is 2.05. The molecule has 0 spiro atoms. The molecule has 0 aliphatic rings. The van der Waals surface area contributed by atoms with Gasteiger partial charge in [-0.1, -0.05) is 19.1 Å². The van der Waals surface area contributed by atoms with Crippen LogP contribution in [-0.4, -0.2) is 49.5 Å². The zero-order chi connectivity index (χ0) is 17.2. The maximum absolute atomic E-state index is 12.0. The van der Waals surface area contributed by atoms with Gasteiger partial charge in [-0.05, 0) is 38.1 Å². The third-order valence-corrected chi connectivity index (χ3v) is 3.28. The van der Waals surface area contributed by atoms with E-state index < -0.39 is 0 Å². The van der Waals surface area contributed by atoms with Crippen molar-refractivity contribution in [3.63, 3.8) is 0 Å². The van der Waals surface area contributed by atoms with Gasteiger partial charge in [0.15, 0.2) is 0 Å². The van der Waals surface area contributed by atoms with Gasteiger partial charge in [0.1, 0.15) is 5.75 Å². The average molecular weight is 321 g/mol. The third-order valence-electron chi connectivity index (χ3n) is 3.28. The SMILES string of the molecule is CCN(CC(=O)NCc1ccc(OC)cc1)CC(=O)NC(C)C. The summed E-state index contributed by atoms with van der Waals surface area (Å²) in [4.78, 5) is 25.6. The average Bonchev–Trinajstić information content (AvgIpc) is 2.52.